The third-order valence-electron chi connectivity index (χ3n) is 4.53. The van der Waals surface area contributed by atoms with E-state index in [1.165, 1.54) is 12.1 Å². The van der Waals surface area contributed by atoms with Gasteiger partial charge in [-0.15, -0.1) is 0 Å². The molecule has 1 aliphatic heterocycles. The average Bonchev–Trinajstić information content (AvgIpc) is 2.66. The van der Waals surface area contributed by atoms with Crippen LogP contribution >= 0.6 is 11.6 Å². The summed E-state index contributed by atoms with van der Waals surface area (Å²) in [5.74, 6) is -0.515. The number of anilines is 1. The molecule has 0 bridgehead atoms. The van der Waals surface area contributed by atoms with E-state index in [0.717, 1.165) is 12.1 Å². The second-order valence-corrected chi connectivity index (χ2v) is 7.24. The molecule has 1 saturated heterocycles. The van der Waals surface area contributed by atoms with Gasteiger partial charge in [0, 0.05) is 31.2 Å². The highest BCUT2D eigenvalue weighted by molar-refractivity contribution is 6.30. The Morgan fingerprint density at radius 2 is 1.86 bits per heavy atom. The van der Waals surface area contributed by atoms with Crippen LogP contribution in [0.25, 0.3) is 0 Å². The van der Waals surface area contributed by atoms with Crippen molar-refractivity contribution in [3.05, 3.63) is 64.4 Å². The number of piperazine rings is 1. The quantitative estimate of drug-likeness (QED) is 0.805. The third kappa shape index (κ3) is 5.43. The van der Waals surface area contributed by atoms with Crippen LogP contribution in [0.2, 0.25) is 5.02 Å². The van der Waals surface area contributed by atoms with Gasteiger partial charge in [-0.25, -0.2) is 9.18 Å². The van der Waals surface area contributed by atoms with Gasteiger partial charge in [0.05, 0.1) is 12.2 Å². The third-order valence-corrected chi connectivity index (χ3v) is 4.78. The Bertz CT molecular complexity index is 860. The number of halogens is 2. The molecular weight excluding hydrogens is 383 g/mol. The van der Waals surface area contributed by atoms with Crippen LogP contribution in [-0.4, -0.2) is 48.4 Å². The second-order valence-electron chi connectivity index (χ2n) is 6.80. The molecule has 1 aliphatic rings. The minimum atomic E-state index is -0.541. The number of hydrogen-bond acceptors (Lipinski definition) is 3. The second kappa shape index (κ2) is 9.03. The Morgan fingerprint density at radius 3 is 2.54 bits per heavy atom. The Hall–Kier alpha value is -2.64. The normalized spacial score (nSPS) is 14.8. The van der Waals surface area contributed by atoms with E-state index in [9.17, 15) is 14.0 Å². The largest absolute Gasteiger partial charge is 0.336 e. The van der Waals surface area contributed by atoms with Gasteiger partial charge in [-0.2, -0.15) is 0 Å². The summed E-state index contributed by atoms with van der Waals surface area (Å²) in [4.78, 5) is 27.7. The Labute approximate surface area is 168 Å². The first-order valence-corrected chi connectivity index (χ1v) is 9.32. The van der Waals surface area contributed by atoms with Crippen LogP contribution in [0.3, 0.4) is 0 Å². The lowest BCUT2D eigenvalue weighted by Gasteiger charge is -2.32. The number of benzene rings is 2. The van der Waals surface area contributed by atoms with Gasteiger partial charge in [0.25, 0.3) is 0 Å². The van der Waals surface area contributed by atoms with Gasteiger partial charge in [0.1, 0.15) is 5.82 Å². The van der Waals surface area contributed by atoms with Crippen LogP contribution in [0, 0.1) is 5.82 Å². The van der Waals surface area contributed by atoms with Crippen LogP contribution in [-0.2, 0) is 17.9 Å². The first-order chi connectivity index (χ1) is 13.4. The van der Waals surface area contributed by atoms with Crippen molar-refractivity contribution >= 4 is 29.2 Å². The predicted octanol–water partition coefficient (Wildman–Crippen LogP) is 3.07. The molecule has 0 atom stereocenters. The minimum Gasteiger partial charge on any atom is -0.336 e. The fraction of sp³-hybridized carbons (Fsp3) is 0.300. The molecule has 0 saturated carbocycles. The minimum absolute atomic E-state index is 0.0259. The van der Waals surface area contributed by atoms with Gasteiger partial charge in [-0.3, -0.25) is 9.69 Å². The van der Waals surface area contributed by atoms with Crippen molar-refractivity contribution in [1.82, 2.24) is 15.1 Å². The summed E-state index contributed by atoms with van der Waals surface area (Å²) in [7, 11) is 1.90. The number of carbonyl (C=O) groups is 2. The van der Waals surface area contributed by atoms with E-state index in [0.29, 0.717) is 36.8 Å². The maximum Gasteiger partial charge on any atom is 0.319 e. The first-order valence-electron chi connectivity index (χ1n) is 8.95. The molecule has 0 unspecified atom stereocenters. The SMILES string of the molecule is CN1CCN(Cc2ccc(NC(=O)NCc3ccc(Cl)cc3)c(F)c2)C(=O)C1. The molecule has 1 heterocycles. The molecule has 28 heavy (non-hydrogen) atoms. The highest BCUT2D eigenvalue weighted by Gasteiger charge is 2.21. The average molecular weight is 405 g/mol. The van der Waals surface area contributed by atoms with Gasteiger partial charge < -0.3 is 15.5 Å². The number of urea groups is 1. The molecule has 0 spiro atoms. The molecule has 148 valence electrons. The summed E-state index contributed by atoms with van der Waals surface area (Å²) in [6.07, 6.45) is 0. The molecule has 3 rings (SSSR count). The number of nitrogens with one attached hydrogen (secondary N) is 2. The molecule has 0 aliphatic carbocycles. The molecule has 2 aromatic carbocycles. The van der Waals surface area contributed by atoms with Crippen LogP contribution < -0.4 is 10.6 Å². The van der Waals surface area contributed by atoms with E-state index in [2.05, 4.69) is 10.6 Å². The number of rotatable bonds is 5. The number of amides is 3. The lowest BCUT2D eigenvalue weighted by Crippen LogP contribution is -2.48. The van der Waals surface area contributed by atoms with Gasteiger partial charge >= 0.3 is 6.03 Å². The van der Waals surface area contributed by atoms with Crippen molar-refractivity contribution in [2.45, 2.75) is 13.1 Å². The fourth-order valence-corrected chi connectivity index (χ4v) is 3.05. The van der Waals surface area contributed by atoms with Crippen LogP contribution in [0.15, 0.2) is 42.5 Å². The van der Waals surface area contributed by atoms with Crippen molar-refractivity contribution in [2.75, 3.05) is 32.0 Å². The summed E-state index contributed by atoms with van der Waals surface area (Å²) in [5, 5.41) is 5.79. The number of carbonyl (C=O) groups excluding carboxylic acids is 2. The zero-order valence-corrected chi connectivity index (χ0v) is 16.3. The summed E-state index contributed by atoms with van der Waals surface area (Å²) < 4.78 is 14.4. The zero-order valence-electron chi connectivity index (χ0n) is 15.5. The molecule has 3 amide bonds. The highest BCUT2D eigenvalue weighted by atomic mass is 35.5. The molecular formula is C20H22ClFN4O2. The smallest absolute Gasteiger partial charge is 0.319 e. The van der Waals surface area contributed by atoms with Crippen molar-refractivity contribution in [1.29, 1.82) is 0 Å². The lowest BCUT2D eigenvalue weighted by atomic mass is 10.1. The van der Waals surface area contributed by atoms with E-state index in [1.54, 1.807) is 35.2 Å². The van der Waals surface area contributed by atoms with Gasteiger partial charge in [-0.1, -0.05) is 29.8 Å². The summed E-state index contributed by atoms with van der Waals surface area (Å²) in [6.45, 7) is 2.43. The van der Waals surface area contributed by atoms with Gasteiger partial charge in [0.2, 0.25) is 5.91 Å². The molecule has 2 N–H and O–H groups in total. The predicted molar refractivity (Wildman–Crippen MR) is 107 cm³/mol. The van der Waals surface area contributed by atoms with Gasteiger partial charge in [-0.05, 0) is 42.4 Å². The molecule has 6 nitrogen and oxygen atoms in total. The van der Waals surface area contributed by atoms with E-state index >= 15 is 0 Å². The molecule has 2 aromatic rings. The number of hydrogen-bond donors (Lipinski definition) is 2. The Morgan fingerprint density at radius 1 is 1.14 bits per heavy atom. The van der Waals surface area contributed by atoms with E-state index in [4.69, 9.17) is 11.6 Å². The van der Waals surface area contributed by atoms with Crippen molar-refractivity contribution in [3.8, 4) is 0 Å². The number of likely N-dealkylation sites (N-methyl/N-ethyl adjacent to an activating group) is 1. The van der Waals surface area contributed by atoms with Gasteiger partial charge in [0.15, 0.2) is 0 Å². The topological polar surface area (TPSA) is 64.7 Å². The first kappa shape index (κ1) is 20.1. The standard InChI is InChI=1S/C20H22ClFN4O2/c1-25-8-9-26(19(27)13-25)12-15-4-7-18(17(22)10-15)24-20(28)23-11-14-2-5-16(21)6-3-14/h2-7,10H,8-9,11-13H2,1H3,(H2,23,24,28). The number of nitrogens with zero attached hydrogens (tertiary/aromatic N) is 2. The highest BCUT2D eigenvalue weighted by Crippen LogP contribution is 2.18. The summed E-state index contributed by atoms with van der Waals surface area (Å²) in [6, 6.07) is 11.1. The van der Waals surface area contributed by atoms with Crippen LogP contribution in [0.1, 0.15) is 11.1 Å². The summed E-state index contributed by atoms with van der Waals surface area (Å²) in [5.41, 5.74) is 1.65. The van der Waals surface area contributed by atoms with Crippen molar-refractivity contribution < 1.29 is 14.0 Å². The Balaban J connectivity index is 1.54. The fourth-order valence-electron chi connectivity index (χ4n) is 2.92. The van der Waals surface area contributed by atoms with Crippen LogP contribution in [0.4, 0.5) is 14.9 Å². The van der Waals surface area contributed by atoms with Crippen molar-refractivity contribution in [2.24, 2.45) is 0 Å². The van der Waals surface area contributed by atoms with Crippen LogP contribution in [0.5, 0.6) is 0 Å². The molecule has 0 aromatic heterocycles. The molecule has 1 fully saturated rings. The monoisotopic (exact) mass is 404 g/mol. The zero-order chi connectivity index (χ0) is 20.1. The molecule has 8 heteroatoms. The maximum atomic E-state index is 14.4. The van der Waals surface area contributed by atoms with E-state index in [1.807, 2.05) is 11.9 Å². The van der Waals surface area contributed by atoms with E-state index < -0.39 is 11.8 Å². The summed E-state index contributed by atoms with van der Waals surface area (Å²) >= 11 is 5.82. The van der Waals surface area contributed by atoms with E-state index in [-0.39, 0.29) is 11.6 Å². The van der Waals surface area contributed by atoms with Crippen molar-refractivity contribution in [3.63, 3.8) is 0 Å². The molecule has 0 radical (unpaired) electrons. The maximum absolute atomic E-state index is 14.4. The Kier molecular flexibility index (Phi) is 6.49. The lowest BCUT2D eigenvalue weighted by molar-refractivity contribution is -0.136.